The topological polar surface area (TPSA) is 85.8 Å². The van der Waals surface area contributed by atoms with E-state index in [2.05, 4.69) is 20.9 Å². The fourth-order valence-corrected chi connectivity index (χ4v) is 2.64. The number of nitrogens with zero attached hydrogens (tertiary/aromatic N) is 2. The number of carbonyl (C=O) groups excluding carboxylic acids is 2. The maximum atomic E-state index is 11.8. The van der Waals surface area contributed by atoms with Gasteiger partial charge >= 0.3 is 0 Å². The van der Waals surface area contributed by atoms with E-state index in [1.165, 1.54) is 0 Å². The minimum Gasteiger partial charge on any atom is -0.357 e. The van der Waals surface area contributed by atoms with E-state index in [0.29, 0.717) is 25.5 Å². The second-order valence-electron chi connectivity index (χ2n) is 5.82. The van der Waals surface area contributed by atoms with Crippen LogP contribution in [0, 0.1) is 0 Å². The molecule has 144 valence electrons. The third-order valence-electron chi connectivity index (χ3n) is 3.88. The molecule has 0 atom stereocenters. The van der Waals surface area contributed by atoms with Crippen molar-refractivity contribution in [1.29, 1.82) is 0 Å². The lowest BCUT2D eigenvalue weighted by Crippen LogP contribution is -2.43. The van der Waals surface area contributed by atoms with Crippen LogP contribution in [0.1, 0.15) is 32.3 Å². The van der Waals surface area contributed by atoms with E-state index in [9.17, 15) is 9.59 Å². The predicted octanol–water partition coefficient (Wildman–Crippen LogP) is 1.62. The normalized spacial score (nSPS) is 14.0. The molecule has 0 bridgehead atoms. The quantitative estimate of drug-likeness (QED) is 0.319. The Morgan fingerprint density at radius 3 is 2.38 bits per heavy atom. The number of carbonyl (C=O) groups is 2. The molecular weight excluding hydrogens is 445 g/mol. The predicted molar refractivity (Wildman–Crippen MR) is 115 cm³/mol. The van der Waals surface area contributed by atoms with Crippen molar-refractivity contribution in [3.05, 3.63) is 29.8 Å². The first kappa shape index (κ1) is 22.2. The van der Waals surface area contributed by atoms with Crippen LogP contribution >= 0.6 is 24.0 Å². The number of benzene rings is 1. The van der Waals surface area contributed by atoms with E-state index in [1.807, 2.05) is 43.0 Å². The number of hydrogen-bond donors (Lipinski definition) is 3. The van der Waals surface area contributed by atoms with Gasteiger partial charge in [0.15, 0.2) is 5.96 Å². The van der Waals surface area contributed by atoms with Crippen molar-refractivity contribution < 1.29 is 9.59 Å². The summed E-state index contributed by atoms with van der Waals surface area (Å²) in [6.45, 7) is 6.68. The fourth-order valence-electron chi connectivity index (χ4n) is 2.64. The molecule has 1 aliphatic rings. The molecule has 1 aromatic rings. The maximum Gasteiger partial charge on any atom is 0.239 e. The van der Waals surface area contributed by atoms with Gasteiger partial charge in [0.25, 0.3) is 0 Å². The molecule has 0 aliphatic carbocycles. The molecule has 2 rings (SSSR count). The molecule has 0 unspecified atom stereocenters. The third-order valence-corrected chi connectivity index (χ3v) is 3.88. The molecule has 1 aliphatic heterocycles. The highest BCUT2D eigenvalue weighted by atomic mass is 127. The Kier molecular flexibility index (Phi) is 10.0. The zero-order chi connectivity index (χ0) is 18.1. The van der Waals surface area contributed by atoms with Crippen molar-refractivity contribution in [3.63, 3.8) is 0 Å². The molecule has 0 spiro atoms. The van der Waals surface area contributed by atoms with Gasteiger partial charge in [0, 0.05) is 31.7 Å². The molecule has 0 radical (unpaired) electrons. The molecule has 7 nitrogen and oxygen atoms in total. The van der Waals surface area contributed by atoms with Crippen molar-refractivity contribution in [2.45, 2.75) is 33.2 Å². The van der Waals surface area contributed by atoms with E-state index in [-0.39, 0.29) is 42.3 Å². The number of likely N-dealkylation sites (N-methyl/N-ethyl adjacent to an activating group) is 1. The Morgan fingerprint density at radius 1 is 1.12 bits per heavy atom. The van der Waals surface area contributed by atoms with Crippen LogP contribution in [0.15, 0.2) is 29.3 Å². The van der Waals surface area contributed by atoms with Gasteiger partial charge in [-0.15, -0.1) is 24.0 Å². The van der Waals surface area contributed by atoms with Gasteiger partial charge in [-0.2, -0.15) is 0 Å². The minimum atomic E-state index is -0.0623. The largest absolute Gasteiger partial charge is 0.357 e. The van der Waals surface area contributed by atoms with E-state index < -0.39 is 0 Å². The SMILES string of the molecule is CCNC(=O)CNC(=NCc1ccc(N2CCCC2=O)cc1)NCC.I. The van der Waals surface area contributed by atoms with Crippen LogP contribution in [0.3, 0.4) is 0 Å². The van der Waals surface area contributed by atoms with Crippen LogP contribution in [0.5, 0.6) is 0 Å². The Morgan fingerprint density at radius 2 is 1.81 bits per heavy atom. The molecular formula is C18H28IN5O2. The molecule has 1 aromatic carbocycles. The summed E-state index contributed by atoms with van der Waals surface area (Å²) in [7, 11) is 0. The second kappa shape index (κ2) is 11.7. The third kappa shape index (κ3) is 6.81. The molecule has 3 N–H and O–H groups in total. The Hall–Kier alpha value is -1.84. The smallest absolute Gasteiger partial charge is 0.239 e. The van der Waals surface area contributed by atoms with Crippen LogP contribution in [0.2, 0.25) is 0 Å². The maximum absolute atomic E-state index is 11.8. The summed E-state index contributed by atoms with van der Waals surface area (Å²) in [5.74, 6) is 0.732. The van der Waals surface area contributed by atoms with Gasteiger partial charge in [-0.05, 0) is 38.0 Å². The highest BCUT2D eigenvalue weighted by Gasteiger charge is 2.21. The lowest BCUT2D eigenvalue weighted by atomic mass is 10.2. The minimum absolute atomic E-state index is 0. The molecule has 0 saturated carbocycles. The summed E-state index contributed by atoms with van der Waals surface area (Å²) < 4.78 is 0. The van der Waals surface area contributed by atoms with Crippen molar-refractivity contribution >= 4 is 47.4 Å². The molecule has 1 heterocycles. The van der Waals surface area contributed by atoms with Crippen molar-refractivity contribution in [3.8, 4) is 0 Å². The summed E-state index contributed by atoms with van der Waals surface area (Å²) in [5.41, 5.74) is 1.99. The fraction of sp³-hybridized carbons (Fsp3) is 0.500. The Labute approximate surface area is 172 Å². The molecule has 0 aromatic heterocycles. The lowest BCUT2D eigenvalue weighted by Gasteiger charge is -2.15. The van der Waals surface area contributed by atoms with Crippen molar-refractivity contribution in [2.24, 2.45) is 4.99 Å². The van der Waals surface area contributed by atoms with Gasteiger partial charge in [-0.25, -0.2) is 4.99 Å². The van der Waals surface area contributed by atoms with Crippen LogP contribution in [0.4, 0.5) is 5.69 Å². The molecule has 2 amide bonds. The number of rotatable bonds is 7. The van der Waals surface area contributed by atoms with Gasteiger partial charge in [0.2, 0.25) is 11.8 Å². The van der Waals surface area contributed by atoms with Gasteiger partial charge < -0.3 is 20.9 Å². The zero-order valence-corrected chi connectivity index (χ0v) is 17.7. The van der Waals surface area contributed by atoms with Crippen molar-refractivity contribution in [1.82, 2.24) is 16.0 Å². The van der Waals surface area contributed by atoms with E-state index in [4.69, 9.17) is 0 Å². The Balaban J connectivity index is 0.00000338. The number of hydrogen-bond acceptors (Lipinski definition) is 3. The summed E-state index contributed by atoms with van der Waals surface area (Å²) in [5, 5.41) is 8.87. The molecule has 26 heavy (non-hydrogen) atoms. The number of anilines is 1. The molecule has 8 heteroatoms. The van der Waals surface area contributed by atoms with Crippen LogP contribution in [-0.4, -0.2) is 44.0 Å². The molecule has 1 saturated heterocycles. The number of aliphatic imine (C=N–C) groups is 1. The highest BCUT2D eigenvalue weighted by molar-refractivity contribution is 14.0. The van der Waals surface area contributed by atoms with Crippen LogP contribution < -0.4 is 20.9 Å². The van der Waals surface area contributed by atoms with Gasteiger partial charge in [-0.1, -0.05) is 12.1 Å². The van der Waals surface area contributed by atoms with Gasteiger partial charge in [0.05, 0.1) is 13.1 Å². The van der Waals surface area contributed by atoms with Crippen LogP contribution in [0.25, 0.3) is 0 Å². The summed E-state index contributed by atoms with van der Waals surface area (Å²) >= 11 is 0. The summed E-state index contributed by atoms with van der Waals surface area (Å²) in [6.07, 6.45) is 1.56. The van der Waals surface area contributed by atoms with E-state index >= 15 is 0 Å². The zero-order valence-electron chi connectivity index (χ0n) is 15.4. The number of halogens is 1. The number of nitrogens with one attached hydrogen (secondary N) is 3. The summed E-state index contributed by atoms with van der Waals surface area (Å²) in [6, 6.07) is 7.89. The second-order valence-corrected chi connectivity index (χ2v) is 5.82. The summed E-state index contributed by atoms with van der Waals surface area (Å²) in [4.78, 5) is 29.6. The van der Waals surface area contributed by atoms with Gasteiger partial charge in [-0.3, -0.25) is 9.59 Å². The van der Waals surface area contributed by atoms with Gasteiger partial charge in [0.1, 0.15) is 0 Å². The monoisotopic (exact) mass is 473 g/mol. The Bertz CT molecular complexity index is 619. The van der Waals surface area contributed by atoms with Crippen LogP contribution in [-0.2, 0) is 16.1 Å². The number of amides is 2. The first-order chi connectivity index (χ1) is 12.1. The van der Waals surface area contributed by atoms with Crippen molar-refractivity contribution in [2.75, 3.05) is 31.1 Å². The molecule has 1 fully saturated rings. The van der Waals surface area contributed by atoms with E-state index in [0.717, 1.165) is 30.8 Å². The average Bonchev–Trinajstić information content (AvgIpc) is 3.04. The average molecular weight is 473 g/mol. The highest BCUT2D eigenvalue weighted by Crippen LogP contribution is 2.21. The first-order valence-electron chi connectivity index (χ1n) is 8.82. The first-order valence-corrected chi connectivity index (χ1v) is 8.82. The lowest BCUT2D eigenvalue weighted by molar-refractivity contribution is -0.120. The number of guanidine groups is 1. The standard InChI is InChI=1S/C18H27N5O2.HI/c1-3-19-16(24)13-22-18(20-4-2)21-12-14-7-9-15(10-8-14)23-11-5-6-17(23)25;/h7-10H,3-6,11-13H2,1-2H3,(H,19,24)(H2,20,21,22);1H. The van der Waals surface area contributed by atoms with E-state index in [1.54, 1.807) is 0 Å².